The van der Waals surface area contributed by atoms with Gasteiger partial charge < -0.3 is 10.2 Å². The molecule has 1 amide bonds. The highest BCUT2D eigenvalue weighted by atomic mass is 16.1. The number of hydrogen-bond acceptors (Lipinski definition) is 3. The van der Waals surface area contributed by atoms with Crippen LogP contribution in [0.1, 0.15) is 35.9 Å². The van der Waals surface area contributed by atoms with Crippen molar-refractivity contribution in [2.24, 2.45) is 0 Å². The molecule has 0 spiro atoms. The van der Waals surface area contributed by atoms with Crippen LogP contribution in [0.5, 0.6) is 0 Å². The van der Waals surface area contributed by atoms with E-state index < -0.39 is 0 Å². The number of para-hydroxylation sites is 1. The first-order chi connectivity index (χ1) is 13.9. The van der Waals surface area contributed by atoms with Crippen molar-refractivity contribution in [1.82, 2.24) is 9.78 Å². The Kier molecular flexibility index (Phi) is 6.37. The molecule has 0 radical (unpaired) electrons. The second-order valence-electron chi connectivity index (χ2n) is 7.46. The van der Waals surface area contributed by atoms with Crippen LogP contribution in [0.2, 0.25) is 0 Å². The molecule has 1 heterocycles. The Morgan fingerprint density at radius 3 is 2.45 bits per heavy atom. The van der Waals surface area contributed by atoms with Gasteiger partial charge in [-0.2, -0.15) is 5.10 Å². The monoisotopic (exact) mass is 390 g/mol. The van der Waals surface area contributed by atoms with E-state index >= 15 is 0 Å². The number of carbonyl (C=O) groups excluding carboxylic acids is 1. The zero-order valence-electron chi connectivity index (χ0n) is 18.0. The van der Waals surface area contributed by atoms with Gasteiger partial charge in [-0.25, -0.2) is 4.68 Å². The largest absolute Gasteiger partial charge is 0.371 e. The van der Waals surface area contributed by atoms with Gasteiger partial charge in [0, 0.05) is 25.2 Å². The minimum Gasteiger partial charge on any atom is -0.371 e. The van der Waals surface area contributed by atoms with Crippen molar-refractivity contribution in [3.05, 3.63) is 71.0 Å². The lowest BCUT2D eigenvalue weighted by molar-refractivity contribution is -0.116. The van der Waals surface area contributed by atoms with Crippen LogP contribution in [0.3, 0.4) is 0 Å². The Morgan fingerprint density at radius 1 is 1.07 bits per heavy atom. The number of rotatable bonds is 7. The van der Waals surface area contributed by atoms with Crippen LogP contribution in [0.4, 0.5) is 11.4 Å². The topological polar surface area (TPSA) is 50.2 Å². The van der Waals surface area contributed by atoms with E-state index in [0.717, 1.165) is 29.3 Å². The van der Waals surface area contributed by atoms with Crippen LogP contribution in [0.25, 0.3) is 5.69 Å². The van der Waals surface area contributed by atoms with Gasteiger partial charge in [-0.3, -0.25) is 4.79 Å². The van der Waals surface area contributed by atoms with E-state index in [2.05, 4.69) is 54.3 Å². The van der Waals surface area contributed by atoms with Crippen molar-refractivity contribution in [1.29, 1.82) is 0 Å². The molecule has 0 aliphatic rings. The highest BCUT2D eigenvalue weighted by Crippen LogP contribution is 2.24. The standard InChI is InChI=1S/C24H30N4O/c1-6-27(22-13-12-17(2)16-18(22)3)15-14-23(29)25-24-19(4)26-28(20(24)5)21-10-8-7-9-11-21/h7-13,16H,6,14-15H2,1-5H3,(H,25,29). The number of aryl methyl sites for hydroxylation is 3. The maximum atomic E-state index is 12.7. The summed E-state index contributed by atoms with van der Waals surface area (Å²) in [4.78, 5) is 14.9. The molecule has 0 fully saturated rings. The molecule has 5 heteroatoms. The Labute approximate surface area is 173 Å². The zero-order chi connectivity index (χ0) is 21.0. The minimum absolute atomic E-state index is 0.00651. The number of hydrogen-bond donors (Lipinski definition) is 1. The van der Waals surface area contributed by atoms with Crippen molar-refractivity contribution < 1.29 is 4.79 Å². The summed E-state index contributed by atoms with van der Waals surface area (Å²) in [5.41, 5.74) is 7.22. The number of aromatic nitrogens is 2. The molecule has 29 heavy (non-hydrogen) atoms. The van der Waals surface area contributed by atoms with Gasteiger partial charge in [0.2, 0.25) is 5.91 Å². The summed E-state index contributed by atoms with van der Waals surface area (Å²) in [6.45, 7) is 11.8. The van der Waals surface area contributed by atoms with Gasteiger partial charge in [0.05, 0.1) is 22.8 Å². The van der Waals surface area contributed by atoms with Crippen LogP contribution < -0.4 is 10.2 Å². The zero-order valence-corrected chi connectivity index (χ0v) is 18.0. The van der Waals surface area contributed by atoms with Gasteiger partial charge in [0.25, 0.3) is 0 Å². The van der Waals surface area contributed by atoms with Crippen molar-refractivity contribution in [2.75, 3.05) is 23.3 Å². The van der Waals surface area contributed by atoms with Crippen LogP contribution in [-0.2, 0) is 4.79 Å². The molecule has 1 N–H and O–H groups in total. The predicted octanol–water partition coefficient (Wildman–Crippen LogP) is 4.96. The number of nitrogens with one attached hydrogen (secondary N) is 1. The highest BCUT2D eigenvalue weighted by Gasteiger charge is 2.16. The second kappa shape index (κ2) is 8.95. The Hall–Kier alpha value is -3.08. The number of anilines is 2. The number of nitrogens with zero attached hydrogens (tertiary/aromatic N) is 3. The minimum atomic E-state index is 0.00651. The molecular weight excluding hydrogens is 360 g/mol. The third-order valence-corrected chi connectivity index (χ3v) is 5.24. The van der Waals surface area contributed by atoms with E-state index in [9.17, 15) is 4.79 Å². The van der Waals surface area contributed by atoms with Gasteiger partial charge in [-0.15, -0.1) is 0 Å². The van der Waals surface area contributed by atoms with Crippen molar-refractivity contribution in [3.63, 3.8) is 0 Å². The molecule has 0 aliphatic carbocycles. The lowest BCUT2D eigenvalue weighted by atomic mass is 10.1. The summed E-state index contributed by atoms with van der Waals surface area (Å²) in [5.74, 6) is 0.00651. The first-order valence-corrected chi connectivity index (χ1v) is 10.1. The van der Waals surface area contributed by atoms with Crippen molar-refractivity contribution >= 4 is 17.3 Å². The molecule has 3 rings (SSSR count). The number of benzene rings is 2. The Balaban J connectivity index is 1.68. The molecule has 0 saturated heterocycles. The molecule has 5 nitrogen and oxygen atoms in total. The van der Waals surface area contributed by atoms with E-state index in [-0.39, 0.29) is 5.91 Å². The highest BCUT2D eigenvalue weighted by molar-refractivity contribution is 5.92. The smallest absolute Gasteiger partial charge is 0.226 e. The Bertz CT molecular complexity index is 992. The van der Waals surface area contributed by atoms with Gasteiger partial charge in [-0.1, -0.05) is 35.9 Å². The lowest BCUT2D eigenvalue weighted by Crippen LogP contribution is -2.28. The fourth-order valence-electron chi connectivity index (χ4n) is 3.69. The normalized spacial score (nSPS) is 10.8. The quantitative estimate of drug-likeness (QED) is 0.620. The van der Waals surface area contributed by atoms with Crippen LogP contribution in [0, 0.1) is 27.7 Å². The molecule has 0 aliphatic heterocycles. The van der Waals surface area contributed by atoms with Gasteiger partial charge in [0.1, 0.15) is 0 Å². The fourth-order valence-corrected chi connectivity index (χ4v) is 3.69. The van der Waals surface area contributed by atoms with Gasteiger partial charge >= 0.3 is 0 Å². The van der Waals surface area contributed by atoms with E-state index in [1.54, 1.807) is 0 Å². The summed E-state index contributed by atoms with van der Waals surface area (Å²) >= 11 is 0. The van der Waals surface area contributed by atoms with E-state index in [1.807, 2.05) is 48.9 Å². The summed E-state index contributed by atoms with van der Waals surface area (Å²) in [7, 11) is 0. The molecular formula is C24H30N4O. The maximum absolute atomic E-state index is 12.7. The maximum Gasteiger partial charge on any atom is 0.226 e. The van der Waals surface area contributed by atoms with Crippen LogP contribution >= 0.6 is 0 Å². The summed E-state index contributed by atoms with van der Waals surface area (Å²) < 4.78 is 1.87. The van der Waals surface area contributed by atoms with Crippen LogP contribution in [0.15, 0.2) is 48.5 Å². The summed E-state index contributed by atoms with van der Waals surface area (Å²) in [6, 6.07) is 16.4. The molecule has 0 bridgehead atoms. The van der Waals surface area contributed by atoms with Crippen molar-refractivity contribution in [3.8, 4) is 5.69 Å². The van der Waals surface area contributed by atoms with Gasteiger partial charge in [0.15, 0.2) is 0 Å². The molecule has 1 aromatic heterocycles. The average molecular weight is 391 g/mol. The van der Waals surface area contributed by atoms with Crippen molar-refractivity contribution in [2.45, 2.75) is 41.0 Å². The molecule has 0 atom stereocenters. The third kappa shape index (κ3) is 4.67. The second-order valence-corrected chi connectivity index (χ2v) is 7.46. The first-order valence-electron chi connectivity index (χ1n) is 10.1. The predicted molar refractivity (Wildman–Crippen MR) is 120 cm³/mol. The fraction of sp³-hybridized carbons (Fsp3) is 0.333. The summed E-state index contributed by atoms with van der Waals surface area (Å²) in [6.07, 6.45) is 0.427. The van der Waals surface area contributed by atoms with E-state index in [4.69, 9.17) is 0 Å². The molecule has 0 saturated carbocycles. The number of amides is 1. The number of carbonyl (C=O) groups is 1. The third-order valence-electron chi connectivity index (χ3n) is 5.24. The van der Waals surface area contributed by atoms with Gasteiger partial charge in [-0.05, 0) is 58.4 Å². The molecule has 3 aromatic rings. The van der Waals surface area contributed by atoms with E-state index in [0.29, 0.717) is 13.0 Å². The lowest BCUT2D eigenvalue weighted by Gasteiger charge is -2.25. The van der Waals surface area contributed by atoms with E-state index in [1.165, 1.54) is 16.8 Å². The SMILES string of the molecule is CCN(CCC(=O)Nc1c(C)nn(-c2ccccc2)c1C)c1ccc(C)cc1C. The first kappa shape index (κ1) is 20.6. The molecule has 152 valence electrons. The van der Waals surface area contributed by atoms with Crippen LogP contribution in [-0.4, -0.2) is 28.8 Å². The average Bonchev–Trinajstić information content (AvgIpc) is 2.98. The Morgan fingerprint density at radius 2 is 1.79 bits per heavy atom. The molecule has 0 unspecified atom stereocenters. The summed E-state index contributed by atoms with van der Waals surface area (Å²) in [5, 5.41) is 7.68. The molecule has 2 aromatic carbocycles.